The van der Waals surface area contributed by atoms with E-state index in [4.69, 9.17) is 0 Å². The summed E-state index contributed by atoms with van der Waals surface area (Å²) in [7, 11) is 0. The number of hydrogen-bond donors (Lipinski definition) is 0. The molecule has 1 heterocycles. The summed E-state index contributed by atoms with van der Waals surface area (Å²) >= 11 is 0. The van der Waals surface area contributed by atoms with E-state index in [0.29, 0.717) is 0 Å². The first kappa shape index (κ1) is 41.0. The van der Waals surface area contributed by atoms with Gasteiger partial charge in [0.05, 0.1) is 5.69 Å². The quantitative estimate of drug-likeness (QED) is 0.143. The van der Waals surface area contributed by atoms with E-state index < -0.39 is 5.54 Å². The summed E-state index contributed by atoms with van der Waals surface area (Å²) in [4.78, 5) is 7.23. The van der Waals surface area contributed by atoms with E-state index in [1.165, 1.54) is 66.4 Å². The minimum atomic E-state index is -0.588. The van der Waals surface area contributed by atoms with E-state index in [-0.39, 0.29) is 0 Å². The van der Waals surface area contributed by atoms with Crippen molar-refractivity contribution in [3.8, 4) is 33.4 Å². The predicted molar refractivity (Wildman–Crippen MR) is 294 cm³/mol. The SMILES string of the molecule is C1=CN(c2ccccc2)C2(c3ccccc31)c1ccccc1-c1ccc(N(c3ccccc3)c3ccc(-c4ccc(-c5ccc(N(c6ccccc6)c6cccc7ccccc67)cc5)cc4)cc3)cc12. The Labute approximate surface area is 409 Å². The highest BCUT2D eigenvalue weighted by Crippen LogP contribution is 2.58. The van der Waals surface area contributed by atoms with Gasteiger partial charge in [-0.05, 0) is 146 Å². The van der Waals surface area contributed by atoms with Gasteiger partial charge >= 0.3 is 0 Å². The molecule has 2 aliphatic rings. The van der Waals surface area contributed by atoms with Crippen molar-refractivity contribution in [1.82, 2.24) is 0 Å². The molecule has 0 radical (unpaired) electrons. The van der Waals surface area contributed by atoms with Gasteiger partial charge in [0.25, 0.3) is 0 Å². The van der Waals surface area contributed by atoms with Gasteiger partial charge in [0.15, 0.2) is 0 Å². The van der Waals surface area contributed by atoms with Gasteiger partial charge in [0.1, 0.15) is 5.54 Å². The molecule has 3 heteroatoms. The third kappa shape index (κ3) is 6.82. The Morgan fingerprint density at radius 3 is 1.46 bits per heavy atom. The molecule has 11 aromatic carbocycles. The van der Waals surface area contributed by atoms with Gasteiger partial charge in [-0.25, -0.2) is 0 Å². The zero-order valence-corrected chi connectivity index (χ0v) is 38.5. The Balaban J connectivity index is 0.839. The highest BCUT2D eigenvalue weighted by atomic mass is 15.2. The topological polar surface area (TPSA) is 9.72 Å². The summed E-state index contributed by atoms with van der Waals surface area (Å²) < 4.78 is 0. The first-order valence-corrected chi connectivity index (χ1v) is 24.1. The molecule has 1 aliphatic carbocycles. The van der Waals surface area contributed by atoms with Gasteiger partial charge in [0.2, 0.25) is 0 Å². The fourth-order valence-electron chi connectivity index (χ4n) is 11.1. The molecule has 1 atom stereocenters. The Kier molecular flexibility index (Phi) is 10.1. The molecular weight excluding hydrogens is 847 g/mol. The first-order chi connectivity index (χ1) is 34.7. The molecule has 70 heavy (non-hydrogen) atoms. The predicted octanol–water partition coefficient (Wildman–Crippen LogP) is 17.9. The molecule has 11 aromatic rings. The summed E-state index contributed by atoms with van der Waals surface area (Å²) in [6.07, 6.45) is 4.54. The van der Waals surface area contributed by atoms with Gasteiger partial charge in [0, 0.05) is 45.7 Å². The molecule has 0 saturated carbocycles. The van der Waals surface area contributed by atoms with Gasteiger partial charge in [-0.15, -0.1) is 0 Å². The zero-order chi connectivity index (χ0) is 46.4. The Bertz CT molecular complexity index is 3690. The lowest BCUT2D eigenvalue weighted by Gasteiger charge is -2.46. The number of rotatable bonds is 9. The standard InChI is InChI=1S/C67H47N3/c1-4-20-54(21-5-1)68-46-45-53-18-11-14-28-63(53)67(68)64-29-15-13-27-61(64)62-44-43-59(47-65(62)67)69(55-22-6-2-7-23-55)57-39-35-50(36-40-57)48-31-33-49(34-32-48)51-37-41-58(42-38-51)70(56-24-8-3-9-25-56)66-30-16-19-52-17-10-12-26-60(52)66/h1-47H. The average molecular weight is 894 g/mol. The monoisotopic (exact) mass is 893 g/mol. The molecule has 0 amide bonds. The second kappa shape index (κ2) is 17.2. The molecule has 1 aliphatic heterocycles. The summed E-state index contributed by atoms with van der Waals surface area (Å²) in [5.74, 6) is 0. The number of hydrogen-bond acceptors (Lipinski definition) is 3. The van der Waals surface area contributed by atoms with E-state index in [0.717, 1.165) is 39.8 Å². The molecule has 0 fully saturated rings. The highest BCUT2D eigenvalue weighted by molar-refractivity contribution is 5.99. The lowest BCUT2D eigenvalue weighted by molar-refractivity contribution is 0.632. The van der Waals surface area contributed by atoms with E-state index in [2.05, 4.69) is 300 Å². The molecule has 0 N–H and O–H groups in total. The van der Waals surface area contributed by atoms with Crippen LogP contribution in [-0.4, -0.2) is 0 Å². The summed E-state index contributed by atoms with van der Waals surface area (Å²) in [5, 5.41) is 2.44. The second-order valence-electron chi connectivity index (χ2n) is 18.1. The maximum Gasteiger partial charge on any atom is 0.122 e. The normalized spacial score (nSPS) is 14.3. The van der Waals surface area contributed by atoms with Gasteiger partial charge in [-0.1, -0.05) is 194 Å². The average Bonchev–Trinajstić information content (AvgIpc) is 3.72. The van der Waals surface area contributed by atoms with E-state index in [9.17, 15) is 0 Å². The molecule has 1 unspecified atom stereocenters. The smallest absolute Gasteiger partial charge is 0.122 e. The van der Waals surface area contributed by atoms with Crippen LogP contribution in [0, 0.1) is 0 Å². The molecule has 330 valence electrons. The van der Waals surface area contributed by atoms with Gasteiger partial charge in [-0.2, -0.15) is 0 Å². The third-order valence-corrected chi connectivity index (χ3v) is 14.2. The fourth-order valence-corrected chi connectivity index (χ4v) is 11.1. The highest BCUT2D eigenvalue weighted by Gasteiger charge is 2.51. The van der Waals surface area contributed by atoms with E-state index >= 15 is 0 Å². The van der Waals surface area contributed by atoms with Crippen molar-refractivity contribution >= 4 is 56.7 Å². The van der Waals surface area contributed by atoms with Crippen LogP contribution in [0.25, 0.3) is 50.2 Å². The minimum Gasteiger partial charge on any atom is -0.329 e. The largest absolute Gasteiger partial charge is 0.329 e. The fraction of sp³-hybridized carbons (Fsp3) is 0.0149. The second-order valence-corrected chi connectivity index (χ2v) is 18.1. The zero-order valence-electron chi connectivity index (χ0n) is 38.5. The third-order valence-electron chi connectivity index (χ3n) is 14.2. The summed E-state index contributed by atoms with van der Waals surface area (Å²) in [5.41, 5.74) is 19.5. The number of fused-ring (bicyclic) bond motifs is 8. The molecule has 1 spiro atoms. The molecule has 13 rings (SSSR count). The number of para-hydroxylation sites is 3. The molecule has 3 nitrogen and oxygen atoms in total. The van der Waals surface area contributed by atoms with Crippen molar-refractivity contribution in [3.63, 3.8) is 0 Å². The molecule has 0 bridgehead atoms. The van der Waals surface area contributed by atoms with Crippen molar-refractivity contribution in [1.29, 1.82) is 0 Å². The van der Waals surface area contributed by atoms with Crippen molar-refractivity contribution in [3.05, 3.63) is 301 Å². The Morgan fingerprint density at radius 2 is 0.786 bits per heavy atom. The summed E-state index contributed by atoms with van der Waals surface area (Å²) in [6, 6.07) is 99.2. The van der Waals surface area contributed by atoms with Crippen LogP contribution in [0.5, 0.6) is 0 Å². The Hall–Kier alpha value is -9.18. The van der Waals surface area contributed by atoms with Crippen LogP contribution in [0.2, 0.25) is 0 Å². The van der Waals surface area contributed by atoms with Gasteiger partial charge < -0.3 is 14.7 Å². The number of anilines is 7. The first-order valence-electron chi connectivity index (χ1n) is 24.1. The van der Waals surface area contributed by atoms with Crippen LogP contribution in [-0.2, 0) is 5.54 Å². The number of nitrogens with zero attached hydrogens (tertiary/aromatic N) is 3. The molecule has 0 aromatic heterocycles. The van der Waals surface area contributed by atoms with Crippen LogP contribution in [0.1, 0.15) is 22.3 Å². The van der Waals surface area contributed by atoms with Crippen LogP contribution in [0.3, 0.4) is 0 Å². The molecular formula is C67H47N3. The van der Waals surface area contributed by atoms with Gasteiger partial charge in [-0.3, -0.25) is 0 Å². The van der Waals surface area contributed by atoms with Crippen LogP contribution >= 0.6 is 0 Å². The lowest BCUT2D eigenvalue weighted by Crippen LogP contribution is -2.46. The van der Waals surface area contributed by atoms with E-state index in [1.54, 1.807) is 0 Å². The van der Waals surface area contributed by atoms with Crippen molar-refractivity contribution in [2.24, 2.45) is 0 Å². The molecule has 0 saturated heterocycles. The van der Waals surface area contributed by atoms with Crippen LogP contribution in [0.4, 0.5) is 39.8 Å². The van der Waals surface area contributed by atoms with Crippen molar-refractivity contribution in [2.75, 3.05) is 14.7 Å². The van der Waals surface area contributed by atoms with Crippen LogP contribution < -0.4 is 14.7 Å². The van der Waals surface area contributed by atoms with Crippen LogP contribution in [0.15, 0.2) is 279 Å². The number of benzene rings is 11. The van der Waals surface area contributed by atoms with Crippen molar-refractivity contribution < 1.29 is 0 Å². The maximum absolute atomic E-state index is 2.48. The maximum atomic E-state index is 2.48. The lowest BCUT2D eigenvalue weighted by atomic mass is 9.75. The summed E-state index contributed by atoms with van der Waals surface area (Å²) in [6.45, 7) is 0. The minimum absolute atomic E-state index is 0.588. The van der Waals surface area contributed by atoms with E-state index in [1.807, 2.05) is 0 Å². The van der Waals surface area contributed by atoms with Crippen molar-refractivity contribution in [2.45, 2.75) is 5.54 Å². The Morgan fingerprint density at radius 1 is 0.314 bits per heavy atom.